The Bertz CT molecular complexity index is 79.7. The third-order valence-electron chi connectivity index (χ3n) is 0.499. The largest absolute Gasteiger partial charge is 1.00 e. The van der Waals surface area contributed by atoms with E-state index in [1.807, 2.05) is 0 Å². The third-order valence-corrected chi connectivity index (χ3v) is 0.893. The second-order valence-corrected chi connectivity index (χ2v) is 1.47. The van der Waals surface area contributed by atoms with Crippen LogP contribution < -0.4 is 40.4 Å². The fraction of sp³-hybridized carbons (Fsp3) is 0.667. The van der Waals surface area contributed by atoms with E-state index in [4.69, 9.17) is 5.73 Å². The Labute approximate surface area is 75.3 Å². The van der Waals surface area contributed by atoms with Crippen LogP contribution in [0.1, 0.15) is 0 Å². The quantitative estimate of drug-likeness (QED) is 0.300. The van der Waals surface area contributed by atoms with Crippen molar-refractivity contribution < 1.29 is 39.5 Å². The van der Waals surface area contributed by atoms with Crippen molar-refractivity contribution >= 4 is 18.6 Å². The Morgan fingerprint density at radius 3 is 2.25 bits per heavy atom. The van der Waals surface area contributed by atoms with Gasteiger partial charge in [-0.2, -0.15) is 12.6 Å². The van der Waals surface area contributed by atoms with Crippen LogP contribution in [0.4, 0.5) is 0 Å². The van der Waals surface area contributed by atoms with E-state index in [1.54, 1.807) is 0 Å². The monoisotopic (exact) mass is 143 g/mol. The van der Waals surface area contributed by atoms with Crippen LogP contribution in [-0.2, 0) is 4.79 Å². The van der Waals surface area contributed by atoms with Gasteiger partial charge in [-0.05, 0) is 0 Å². The molecule has 0 aliphatic carbocycles. The molecule has 0 radical (unpaired) electrons. The summed E-state index contributed by atoms with van der Waals surface area (Å²) < 4.78 is 0. The van der Waals surface area contributed by atoms with Crippen LogP contribution in [0, 0.1) is 0 Å². The van der Waals surface area contributed by atoms with E-state index < -0.39 is 12.0 Å². The van der Waals surface area contributed by atoms with Gasteiger partial charge in [0.05, 0.1) is 12.0 Å². The molecule has 0 aromatic carbocycles. The van der Waals surface area contributed by atoms with Crippen LogP contribution in [0.25, 0.3) is 0 Å². The van der Waals surface area contributed by atoms with Gasteiger partial charge in [-0.1, -0.05) is 0 Å². The fourth-order valence-electron chi connectivity index (χ4n) is 0.0745. The Balaban J connectivity index is 0. The predicted octanol–water partition coefficient (Wildman–Crippen LogP) is -5.00. The molecule has 0 amide bonds. The van der Waals surface area contributed by atoms with Crippen LogP contribution in [0.15, 0.2) is 0 Å². The van der Waals surface area contributed by atoms with Gasteiger partial charge < -0.3 is 15.6 Å². The zero-order valence-corrected chi connectivity index (χ0v) is 7.52. The van der Waals surface area contributed by atoms with Crippen molar-refractivity contribution in [3.05, 3.63) is 0 Å². The van der Waals surface area contributed by atoms with Crippen molar-refractivity contribution in [3.8, 4) is 0 Å². The molecule has 0 rings (SSSR count). The van der Waals surface area contributed by atoms with E-state index >= 15 is 0 Å². The van der Waals surface area contributed by atoms with Gasteiger partial charge in [0.1, 0.15) is 0 Å². The van der Waals surface area contributed by atoms with E-state index in [9.17, 15) is 9.90 Å². The molecular formula is C3H6NNaO2S. The molecule has 0 fully saturated rings. The molecule has 2 N–H and O–H groups in total. The first kappa shape index (κ1) is 11.6. The summed E-state index contributed by atoms with van der Waals surface area (Å²) in [5, 5.41) is 9.65. The maximum absolute atomic E-state index is 9.65. The van der Waals surface area contributed by atoms with Crippen molar-refractivity contribution in [2.45, 2.75) is 6.04 Å². The molecule has 42 valence electrons. The van der Waals surface area contributed by atoms with Crippen molar-refractivity contribution in [1.29, 1.82) is 0 Å². The summed E-state index contributed by atoms with van der Waals surface area (Å²) in [5.41, 5.74) is 4.88. The number of thiol groups is 1. The smallest absolute Gasteiger partial charge is 0.548 e. The maximum Gasteiger partial charge on any atom is 1.00 e. The standard InChI is InChI=1S/C3H7NO2S.Na/c4-2(1-7)3(5)6;/h2,7H,1,4H2,(H,5,6);/q;+1/p-1/t2-;/m0./s1. The van der Waals surface area contributed by atoms with Crippen molar-refractivity contribution in [2.24, 2.45) is 5.73 Å². The first-order valence-electron chi connectivity index (χ1n) is 1.75. The van der Waals surface area contributed by atoms with Gasteiger partial charge in [-0.15, -0.1) is 0 Å². The molecule has 0 saturated carbocycles. The summed E-state index contributed by atoms with van der Waals surface area (Å²) in [7, 11) is 0. The molecule has 0 bridgehead atoms. The zero-order chi connectivity index (χ0) is 5.86. The summed E-state index contributed by atoms with van der Waals surface area (Å²) in [6, 6.07) is -0.927. The zero-order valence-electron chi connectivity index (χ0n) is 4.63. The number of carbonyl (C=O) groups is 1. The van der Waals surface area contributed by atoms with E-state index in [0.717, 1.165) is 0 Å². The van der Waals surface area contributed by atoms with Crippen LogP contribution in [0.5, 0.6) is 0 Å². The number of carboxylic acid groups (broad SMARTS) is 1. The summed E-state index contributed by atoms with van der Waals surface area (Å²) >= 11 is 3.61. The van der Waals surface area contributed by atoms with Crippen LogP contribution in [0.2, 0.25) is 0 Å². The second-order valence-electron chi connectivity index (χ2n) is 1.11. The summed E-state index contributed by atoms with van der Waals surface area (Å²) in [4.78, 5) is 9.65. The number of hydrogen-bond donors (Lipinski definition) is 2. The van der Waals surface area contributed by atoms with Gasteiger partial charge in [0.25, 0.3) is 0 Å². The minimum Gasteiger partial charge on any atom is -0.548 e. The molecular weight excluding hydrogens is 137 g/mol. The summed E-state index contributed by atoms with van der Waals surface area (Å²) in [5.74, 6) is -1.13. The molecule has 0 aromatic heterocycles. The van der Waals surface area contributed by atoms with Crippen LogP contribution in [0.3, 0.4) is 0 Å². The van der Waals surface area contributed by atoms with Gasteiger partial charge in [0, 0.05) is 5.75 Å². The van der Waals surface area contributed by atoms with Gasteiger partial charge in [-0.25, -0.2) is 0 Å². The normalized spacial score (nSPS) is 11.8. The van der Waals surface area contributed by atoms with Crippen LogP contribution in [-0.4, -0.2) is 17.8 Å². The number of carboxylic acids is 1. The molecule has 0 aliphatic heterocycles. The fourth-order valence-corrected chi connectivity index (χ4v) is 0.224. The van der Waals surface area contributed by atoms with Crippen molar-refractivity contribution in [1.82, 2.24) is 0 Å². The summed E-state index contributed by atoms with van der Waals surface area (Å²) in [6.45, 7) is 0. The summed E-state index contributed by atoms with van der Waals surface area (Å²) in [6.07, 6.45) is 0. The maximum atomic E-state index is 9.65. The first-order chi connectivity index (χ1) is 3.18. The Kier molecular flexibility index (Phi) is 8.54. The van der Waals surface area contributed by atoms with Crippen molar-refractivity contribution in [3.63, 3.8) is 0 Å². The average Bonchev–Trinajstić information content (AvgIpc) is 1.65. The molecule has 0 aliphatic rings. The SMILES string of the molecule is N[C@@H](CS)C(=O)[O-].[Na+]. The molecule has 0 heterocycles. The van der Waals surface area contributed by atoms with Gasteiger partial charge in [-0.3, -0.25) is 0 Å². The number of hydrogen-bond acceptors (Lipinski definition) is 4. The second kappa shape index (κ2) is 5.91. The molecule has 3 nitrogen and oxygen atoms in total. The Morgan fingerprint density at radius 1 is 1.88 bits per heavy atom. The number of aliphatic carboxylic acids is 1. The van der Waals surface area contributed by atoms with E-state index in [0.29, 0.717) is 0 Å². The van der Waals surface area contributed by atoms with E-state index in [-0.39, 0.29) is 35.3 Å². The van der Waals surface area contributed by atoms with Crippen LogP contribution >= 0.6 is 12.6 Å². The molecule has 0 aromatic rings. The van der Waals surface area contributed by atoms with Crippen molar-refractivity contribution in [2.75, 3.05) is 5.75 Å². The molecule has 0 spiro atoms. The molecule has 1 atom stereocenters. The minimum atomic E-state index is -1.25. The van der Waals surface area contributed by atoms with E-state index in [1.165, 1.54) is 0 Å². The third kappa shape index (κ3) is 4.93. The molecule has 8 heavy (non-hydrogen) atoms. The molecule has 5 heteroatoms. The predicted molar refractivity (Wildman–Crippen MR) is 26.8 cm³/mol. The molecule has 0 unspecified atom stereocenters. The molecule has 0 saturated heterocycles. The number of rotatable bonds is 2. The van der Waals surface area contributed by atoms with Gasteiger partial charge in [0.2, 0.25) is 0 Å². The Hall–Kier alpha value is 0.780. The minimum absolute atomic E-state index is 0. The number of carbonyl (C=O) groups excluding carboxylic acids is 1. The van der Waals surface area contributed by atoms with E-state index in [2.05, 4.69) is 12.6 Å². The number of nitrogens with two attached hydrogens (primary N) is 1. The first-order valence-corrected chi connectivity index (χ1v) is 2.39. The average molecular weight is 143 g/mol. The Morgan fingerprint density at radius 2 is 2.25 bits per heavy atom. The topological polar surface area (TPSA) is 66.2 Å². The van der Waals surface area contributed by atoms with Gasteiger partial charge >= 0.3 is 29.6 Å². The van der Waals surface area contributed by atoms with Gasteiger partial charge in [0.15, 0.2) is 0 Å².